The summed E-state index contributed by atoms with van der Waals surface area (Å²) < 4.78 is 0. The lowest BCUT2D eigenvalue weighted by Gasteiger charge is -2.34. The molecule has 0 atom stereocenters. The predicted molar refractivity (Wildman–Crippen MR) is 75.4 cm³/mol. The molecule has 3 N–H and O–H groups in total. The second-order valence-electron chi connectivity index (χ2n) is 5.09. The molecule has 0 unspecified atom stereocenters. The number of aromatic nitrogens is 1. The summed E-state index contributed by atoms with van der Waals surface area (Å²) >= 11 is 5.11. The first-order chi connectivity index (χ1) is 7.97. The first-order valence-electron chi connectivity index (χ1n) is 6.02. The van der Waals surface area contributed by atoms with E-state index in [-0.39, 0.29) is 0 Å². The average Bonchev–Trinajstić information content (AvgIpc) is 2.13. The number of nitrogens with two attached hydrogens (primary N) is 1. The first kappa shape index (κ1) is 12.3. The van der Waals surface area contributed by atoms with Gasteiger partial charge in [0.25, 0.3) is 0 Å². The van der Waals surface area contributed by atoms with Crippen LogP contribution in [0.2, 0.25) is 0 Å². The van der Waals surface area contributed by atoms with Gasteiger partial charge in [-0.15, -0.1) is 0 Å². The molecule has 1 aliphatic carbocycles. The Labute approximate surface area is 108 Å². The molecule has 0 saturated heterocycles. The zero-order valence-electron chi connectivity index (χ0n) is 10.6. The molecule has 0 spiro atoms. The maximum Gasteiger partial charge on any atom is 0.136 e. The van der Waals surface area contributed by atoms with Crippen LogP contribution in [-0.4, -0.2) is 16.0 Å². The number of aryl methyl sites for hydroxylation is 2. The molecule has 1 fully saturated rings. The van der Waals surface area contributed by atoms with E-state index in [4.69, 9.17) is 18.0 Å². The van der Waals surface area contributed by atoms with E-state index >= 15 is 0 Å². The fraction of sp³-hybridized carbons (Fsp3) is 0.538. The quantitative estimate of drug-likeness (QED) is 0.808. The summed E-state index contributed by atoms with van der Waals surface area (Å²) in [5.41, 5.74) is 8.77. The molecule has 92 valence electrons. The van der Waals surface area contributed by atoms with E-state index in [2.05, 4.69) is 17.2 Å². The van der Waals surface area contributed by atoms with E-state index in [0.717, 1.165) is 28.6 Å². The van der Waals surface area contributed by atoms with Crippen molar-refractivity contribution in [3.05, 3.63) is 22.9 Å². The van der Waals surface area contributed by atoms with Crippen LogP contribution in [0.1, 0.15) is 36.6 Å². The summed E-state index contributed by atoms with van der Waals surface area (Å²) in [5.74, 6) is 1.67. The van der Waals surface area contributed by atoms with Gasteiger partial charge in [-0.1, -0.05) is 19.1 Å². The standard InChI is InChI=1S/C13H19N3S/c1-7-4-10(5-7)16-13-11(12(14)17)8(2)6-9(3)15-13/h6-7,10H,4-5H2,1-3H3,(H2,14,17)(H,15,16). The Bertz CT molecular complexity index is 450. The number of hydrogen-bond acceptors (Lipinski definition) is 3. The third-order valence-electron chi connectivity index (χ3n) is 3.31. The van der Waals surface area contributed by atoms with E-state index in [1.807, 2.05) is 19.9 Å². The Morgan fingerprint density at radius 2 is 2.12 bits per heavy atom. The molecule has 1 aromatic rings. The number of nitrogens with zero attached hydrogens (tertiary/aromatic N) is 1. The highest BCUT2D eigenvalue weighted by atomic mass is 32.1. The highest BCUT2D eigenvalue weighted by Gasteiger charge is 2.26. The van der Waals surface area contributed by atoms with E-state index in [1.165, 1.54) is 12.8 Å². The van der Waals surface area contributed by atoms with Crippen LogP contribution in [0.25, 0.3) is 0 Å². The Morgan fingerprint density at radius 1 is 1.47 bits per heavy atom. The molecule has 0 amide bonds. The van der Waals surface area contributed by atoms with Crippen molar-refractivity contribution in [3.8, 4) is 0 Å². The summed E-state index contributed by atoms with van der Waals surface area (Å²) in [7, 11) is 0. The van der Waals surface area contributed by atoms with Crippen molar-refractivity contribution in [2.24, 2.45) is 11.7 Å². The molecule has 2 rings (SSSR count). The van der Waals surface area contributed by atoms with Gasteiger partial charge < -0.3 is 11.1 Å². The van der Waals surface area contributed by atoms with Gasteiger partial charge in [0.1, 0.15) is 10.8 Å². The Balaban J connectivity index is 2.27. The van der Waals surface area contributed by atoms with Crippen LogP contribution >= 0.6 is 12.2 Å². The summed E-state index contributed by atoms with van der Waals surface area (Å²) in [6.07, 6.45) is 2.40. The number of nitrogens with one attached hydrogen (secondary N) is 1. The monoisotopic (exact) mass is 249 g/mol. The van der Waals surface area contributed by atoms with Crippen LogP contribution in [0, 0.1) is 19.8 Å². The van der Waals surface area contributed by atoms with Crippen LogP contribution in [-0.2, 0) is 0 Å². The summed E-state index contributed by atoms with van der Waals surface area (Å²) in [6, 6.07) is 2.54. The number of hydrogen-bond donors (Lipinski definition) is 2. The molecule has 1 saturated carbocycles. The fourth-order valence-corrected chi connectivity index (χ4v) is 2.72. The SMILES string of the molecule is Cc1cc(C)c(C(N)=S)c(NC2CC(C)C2)n1. The van der Waals surface area contributed by atoms with Crippen molar-refractivity contribution < 1.29 is 0 Å². The van der Waals surface area contributed by atoms with E-state index in [0.29, 0.717) is 11.0 Å². The molecule has 0 aromatic carbocycles. The minimum Gasteiger partial charge on any atom is -0.389 e. The maximum absolute atomic E-state index is 5.78. The maximum atomic E-state index is 5.78. The first-order valence-corrected chi connectivity index (χ1v) is 6.42. The van der Waals surface area contributed by atoms with Gasteiger partial charge in [0.2, 0.25) is 0 Å². The lowest BCUT2D eigenvalue weighted by molar-refractivity contribution is 0.308. The molecule has 4 heteroatoms. The lowest BCUT2D eigenvalue weighted by atomic mass is 9.82. The molecule has 0 aliphatic heterocycles. The number of pyridine rings is 1. The van der Waals surface area contributed by atoms with E-state index < -0.39 is 0 Å². The smallest absolute Gasteiger partial charge is 0.136 e. The highest BCUT2D eigenvalue weighted by Crippen LogP contribution is 2.30. The zero-order chi connectivity index (χ0) is 12.6. The topological polar surface area (TPSA) is 50.9 Å². The van der Waals surface area contributed by atoms with Gasteiger partial charge in [-0.25, -0.2) is 4.98 Å². The highest BCUT2D eigenvalue weighted by molar-refractivity contribution is 7.80. The normalized spacial score (nSPS) is 23.0. The number of anilines is 1. The minimum absolute atomic E-state index is 0.421. The summed E-state index contributed by atoms with van der Waals surface area (Å²) in [5, 5.41) is 3.46. The number of rotatable bonds is 3. The fourth-order valence-electron chi connectivity index (χ4n) is 2.47. The van der Waals surface area contributed by atoms with Crippen LogP contribution in [0.5, 0.6) is 0 Å². The van der Waals surface area contributed by atoms with Gasteiger partial charge >= 0.3 is 0 Å². The van der Waals surface area contributed by atoms with Crippen LogP contribution in [0.3, 0.4) is 0 Å². The Hall–Kier alpha value is -1.16. The largest absolute Gasteiger partial charge is 0.389 e. The molecule has 17 heavy (non-hydrogen) atoms. The van der Waals surface area contributed by atoms with Crippen molar-refractivity contribution in [3.63, 3.8) is 0 Å². The Morgan fingerprint density at radius 3 is 2.65 bits per heavy atom. The third-order valence-corrected chi connectivity index (χ3v) is 3.51. The molecule has 1 heterocycles. The van der Waals surface area contributed by atoms with Gasteiger partial charge in [-0.2, -0.15) is 0 Å². The van der Waals surface area contributed by atoms with Gasteiger partial charge in [-0.05, 0) is 44.2 Å². The average molecular weight is 249 g/mol. The van der Waals surface area contributed by atoms with Crippen molar-refractivity contribution in [1.82, 2.24) is 4.98 Å². The zero-order valence-corrected chi connectivity index (χ0v) is 11.4. The van der Waals surface area contributed by atoms with Gasteiger partial charge in [0.15, 0.2) is 0 Å². The summed E-state index contributed by atoms with van der Waals surface area (Å²) in [6.45, 7) is 6.28. The van der Waals surface area contributed by atoms with Gasteiger partial charge in [-0.3, -0.25) is 0 Å². The number of thiocarbonyl (C=S) groups is 1. The molecule has 0 bridgehead atoms. The van der Waals surface area contributed by atoms with E-state index in [1.54, 1.807) is 0 Å². The summed E-state index contributed by atoms with van der Waals surface area (Å²) in [4.78, 5) is 4.94. The minimum atomic E-state index is 0.421. The second kappa shape index (κ2) is 4.61. The lowest BCUT2D eigenvalue weighted by Crippen LogP contribution is -2.35. The van der Waals surface area contributed by atoms with Crippen LogP contribution in [0.4, 0.5) is 5.82 Å². The molecule has 0 radical (unpaired) electrons. The van der Waals surface area contributed by atoms with E-state index in [9.17, 15) is 0 Å². The molecular weight excluding hydrogens is 230 g/mol. The van der Waals surface area contributed by atoms with Crippen molar-refractivity contribution >= 4 is 23.0 Å². The van der Waals surface area contributed by atoms with Crippen LogP contribution < -0.4 is 11.1 Å². The third kappa shape index (κ3) is 2.57. The Kier molecular flexibility index (Phi) is 3.33. The molecule has 1 aromatic heterocycles. The van der Waals surface area contributed by atoms with Gasteiger partial charge in [0, 0.05) is 11.7 Å². The predicted octanol–water partition coefficient (Wildman–Crippen LogP) is 2.54. The van der Waals surface area contributed by atoms with Crippen molar-refractivity contribution in [2.45, 2.75) is 39.7 Å². The second-order valence-corrected chi connectivity index (χ2v) is 5.53. The van der Waals surface area contributed by atoms with Crippen LogP contribution in [0.15, 0.2) is 6.07 Å². The molecular formula is C13H19N3S. The van der Waals surface area contributed by atoms with Crippen molar-refractivity contribution in [1.29, 1.82) is 0 Å². The molecule has 1 aliphatic rings. The molecule has 3 nitrogen and oxygen atoms in total. The van der Waals surface area contributed by atoms with Gasteiger partial charge in [0.05, 0.1) is 5.56 Å². The van der Waals surface area contributed by atoms with Crippen molar-refractivity contribution in [2.75, 3.05) is 5.32 Å².